The largest absolute Gasteiger partial charge is 0.497 e. The second kappa shape index (κ2) is 14.6. The molecule has 8 nitrogen and oxygen atoms in total. The Balaban J connectivity index is 1.70. The molecule has 0 heterocycles. The van der Waals surface area contributed by atoms with Crippen LogP contribution in [0.3, 0.4) is 0 Å². The lowest BCUT2D eigenvalue weighted by atomic mass is 9.95. The number of nitrogens with one attached hydrogen (secondary N) is 1. The Bertz CT molecular complexity index is 1470. The van der Waals surface area contributed by atoms with Crippen LogP contribution < -0.4 is 14.4 Å². The number of hydrogen-bond donors (Lipinski definition) is 1. The van der Waals surface area contributed by atoms with Gasteiger partial charge < -0.3 is 15.0 Å². The average Bonchev–Trinajstić information content (AvgIpc) is 3.01. The fraction of sp³-hybridized carbons (Fsp3) is 0.412. The van der Waals surface area contributed by atoms with Crippen molar-refractivity contribution in [1.82, 2.24) is 10.2 Å². The maximum absolute atomic E-state index is 14.3. The molecule has 1 atom stereocenters. The van der Waals surface area contributed by atoms with Crippen molar-refractivity contribution in [2.45, 2.75) is 82.8 Å². The standard InChI is InChI=1S/C34H43N3O5S/c1-5-32(34(39)35-28-9-7-6-8-10-28)36(23-27-15-19-30(42-4)20-16-27)33(38)24-37(29-17-11-25(2)12-18-29)43(40,41)31-21-13-26(3)14-22-31/h11-22,28,32H,5-10,23-24H2,1-4H3,(H,35,39)/t32-/m0/s1. The molecule has 4 rings (SSSR count). The van der Waals surface area contributed by atoms with Gasteiger partial charge in [-0.05, 0) is 75.1 Å². The van der Waals surface area contributed by atoms with Crippen LogP contribution in [0.2, 0.25) is 0 Å². The van der Waals surface area contributed by atoms with E-state index >= 15 is 0 Å². The Morgan fingerprint density at radius 3 is 2.02 bits per heavy atom. The number of methoxy groups -OCH3 is 1. The summed E-state index contributed by atoms with van der Waals surface area (Å²) in [6.07, 6.45) is 5.53. The van der Waals surface area contributed by atoms with Crippen molar-refractivity contribution in [3.05, 3.63) is 89.5 Å². The van der Waals surface area contributed by atoms with Crippen molar-refractivity contribution in [2.24, 2.45) is 0 Å². The summed E-state index contributed by atoms with van der Waals surface area (Å²) in [5.41, 5.74) is 3.08. The number of carbonyl (C=O) groups is 2. The monoisotopic (exact) mass is 605 g/mol. The van der Waals surface area contributed by atoms with Gasteiger partial charge in [0.15, 0.2) is 0 Å². The molecule has 1 N–H and O–H groups in total. The van der Waals surface area contributed by atoms with Gasteiger partial charge in [0, 0.05) is 12.6 Å². The van der Waals surface area contributed by atoms with Crippen molar-refractivity contribution < 1.29 is 22.7 Å². The molecule has 9 heteroatoms. The molecule has 3 aromatic carbocycles. The highest BCUT2D eigenvalue weighted by molar-refractivity contribution is 7.92. The molecule has 230 valence electrons. The summed E-state index contributed by atoms with van der Waals surface area (Å²) >= 11 is 0. The Morgan fingerprint density at radius 2 is 1.47 bits per heavy atom. The quantitative estimate of drug-likeness (QED) is 0.283. The molecule has 0 aromatic heterocycles. The molecule has 1 fully saturated rings. The molecule has 0 spiro atoms. The fourth-order valence-corrected chi connectivity index (χ4v) is 6.88. The Labute approximate surface area is 256 Å². The molecule has 0 unspecified atom stereocenters. The van der Waals surface area contributed by atoms with Gasteiger partial charge in [-0.25, -0.2) is 8.42 Å². The zero-order valence-electron chi connectivity index (χ0n) is 25.6. The second-order valence-corrected chi connectivity index (χ2v) is 13.2. The first-order chi connectivity index (χ1) is 20.6. The van der Waals surface area contributed by atoms with E-state index in [2.05, 4.69) is 5.32 Å². The predicted octanol–water partition coefficient (Wildman–Crippen LogP) is 5.76. The summed E-state index contributed by atoms with van der Waals surface area (Å²) in [6.45, 7) is 5.37. The number of benzene rings is 3. The number of amides is 2. The zero-order valence-corrected chi connectivity index (χ0v) is 26.4. The van der Waals surface area contributed by atoms with Gasteiger partial charge in [-0.15, -0.1) is 0 Å². The summed E-state index contributed by atoms with van der Waals surface area (Å²) in [6, 6.07) is 20.3. The van der Waals surface area contributed by atoms with Crippen LogP contribution in [0.15, 0.2) is 77.7 Å². The smallest absolute Gasteiger partial charge is 0.264 e. The van der Waals surface area contributed by atoms with Crippen molar-refractivity contribution in [3.8, 4) is 5.75 Å². The second-order valence-electron chi connectivity index (χ2n) is 11.3. The normalized spacial score (nSPS) is 14.5. The van der Waals surface area contributed by atoms with Crippen LogP contribution in [-0.4, -0.2) is 50.9 Å². The van der Waals surface area contributed by atoms with E-state index in [4.69, 9.17) is 4.74 Å². The highest BCUT2D eigenvalue weighted by Gasteiger charge is 2.34. The summed E-state index contributed by atoms with van der Waals surface area (Å²) in [5.74, 6) is 0.00992. The van der Waals surface area contributed by atoms with Gasteiger partial charge in [0.05, 0.1) is 17.7 Å². The maximum Gasteiger partial charge on any atom is 0.264 e. The third kappa shape index (κ3) is 8.16. The minimum Gasteiger partial charge on any atom is -0.497 e. The summed E-state index contributed by atoms with van der Waals surface area (Å²) in [4.78, 5) is 29.5. The van der Waals surface area contributed by atoms with E-state index in [1.807, 2.05) is 57.2 Å². The molecule has 1 aliphatic rings. The van der Waals surface area contributed by atoms with E-state index in [-0.39, 0.29) is 23.4 Å². The van der Waals surface area contributed by atoms with Gasteiger partial charge in [-0.1, -0.05) is 73.7 Å². The molecular formula is C34H43N3O5S. The number of ether oxygens (including phenoxy) is 1. The summed E-state index contributed by atoms with van der Waals surface area (Å²) in [7, 11) is -2.52. The SMILES string of the molecule is CC[C@@H](C(=O)NC1CCCCC1)N(Cc1ccc(OC)cc1)C(=O)CN(c1ccc(C)cc1)S(=O)(=O)c1ccc(C)cc1. The highest BCUT2D eigenvalue weighted by atomic mass is 32.2. The minimum atomic E-state index is -4.10. The number of rotatable bonds is 12. The highest BCUT2D eigenvalue weighted by Crippen LogP contribution is 2.26. The third-order valence-electron chi connectivity index (χ3n) is 8.06. The zero-order chi connectivity index (χ0) is 31.0. The minimum absolute atomic E-state index is 0.0826. The predicted molar refractivity (Wildman–Crippen MR) is 170 cm³/mol. The van der Waals surface area contributed by atoms with E-state index in [1.165, 1.54) is 4.90 Å². The van der Waals surface area contributed by atoms with Gasteiger partial charge >= 0.3 is 0 Å². The molecule has 1 saturated carbocycles. The molecule has 0 saturated heterocycles. The lowest BCUT2D eigenvalue weighted by molar-refractivity contribution is -0.140. The Hall–Kier alpha value is -3.85. The molecule has 0 aliphatic heterocycles. The van der Waals surface area contributed by atoms with Gasteiger partial charge in [0.25, 0.3) is 10.0 Å². The molecular weight excluding hydrogens is 562 g/mol. The number of aryl methyl sites for hydroxylation is 2. The first kappa shape index (κ1) is 32.1. The summed E-state index contributed by atoms with van der Waals surface area (Å²) < 4.78 is 34.5. The molecule has 2 amide bonds. The van der Waals surface area contributed by atoms with Crippen molar-refractivity contribution >= 4 is 27.5 Å². The third-order valence-corrected chi connectivity index (χ3v) is 9.85. The van der Waals surface area contributed by atoms with Gasteiger partial charge in [0.2, 0.25) is 11.8 Å². The van der Waals surface area contributed by atoms with E-state index in [9.17, 15) is 18.0 Å². The van der Waals surface area contributed by atoms with Crippen molar-refractivity contribution in [1.29, 1.82) is 0 Å². The first-order valence-corrected chi connectivity index (χ1v) is 16.4. The van der Waals surface area contributed by atoms with Crippen LogP contribution in [0, 0.1) is 13.8 Å². The van der Waals surface area contributed by atoms with Gasteiger partial charge in [0.1, 0.15) is 18.3 Å². The van der Waals surface area contributed by atoms with Crippen LogP contribution >= 0.6 is 0 Å². The van der Waals surface area contributed by atoms with Gasteiger partial charge in [-0.2, -0.15) is 0 Å². The van der Waals surface area contributed by atoms with Gasteiger partial charge in [-0.3, -0.25) is 13.9 Å². The van der Waals surface area contributed by atoms with E-state index < -0.39 is 28.5 Å². The first-order valence-electron chi connectivity index (χ1n) is 15.0. The number of hydrogen-bond acceptors (Lipinski definition) is 5. The number of carbonyl (C=O) groups excluding carboxylic acids is 2. The van der Waals surface area contributed by atoms with Crippen molar-refractivity contribution in [3.63, 3.8) is 0 Å². The Kier molecular flexibility index (Phi) is 10.9. The molecule has 3 aromatic rings. The molecule has 1 aliphatic carbocycles. The van der Waals surface area contributed by atoms with E-state index in [0.29, 0.717) is 17.9 Å². The molecule has 43 heavy (non-hydrogen) atoms. The number of nitrogens with zero attached hydrogens (tertiary/aromatic N) is 2. The summed E-state index contributed by atoms with van der Waals surface area (Å²) in [5, 5.41) is 3.18. The van der Waals surface area contributed by atoms with Crippen LogP contribution in [0.25, 0.3) is 0 Å². The van der Waals surface area contributed by atoms with Crippen LogP contribution in [-0.2, 0) is 26.2 Å². The number of sulfonamides is 1. The molecule has 0 radical (unpaired) electrons. The van der Waals surface area contributed by atoms with Crippen LogP contribution in [0.5, 0.6) is 5.75 Å². The fourth-order valence-electron chi connectivity index (χ4n) is 5.47. The lowest BCUT2D eigenvalue weighted by Gasteiger charge is -2.34. The Morgan fingerprint density at radius 1 is 0.884 bits per heavy atom. The van der Waals surface area contributed by atoms with Crippen LogP contribution in [0.4, 0.5) is 5.69 Å². The van der Waals surface area contributed by atoms with E-state index in [0.717, 1.165) is 53.1 Å². The maximum atomic E-state index is 14.3. The van der Waals surface area contributed by atoms with Crippen molar-refractivity contribution in [2.75, 3.05) is 18.0 Å². The lowest BCUT2D eigenvalue weighted by Crippen LogP contribution is -2.54. The topological polar surface area (TPSA) is 96.0 Å². The van der Waals surface area contributed by atoms with E-state index in [1.54, 1.807) is 43.5 Å². The van der Waals surface area contributed by atoms with Crippen LogP contribution in [0.1, 0.15) is 62.1 Å². The average molecular weight is 606 g/mol. The number of anilines is 1. The molecule has 0 bridgehead atoms.